The van der Waals surface area contributed by atoms with Crippen molar-refractivity contribution in [3.8, 4) is 0 Å². The average Bonchev–Trinajstić information content (AvgIpc) is 3.03. The third-order valence-corrected chi connectivity index (χ3v) is 5.67. The molecule has 3 heterocycles. The highest BCUT2D eigenvalue weighted by molar-refractivity contribution is 6.01. The van der Waals surface area contributed by atoms with E-state index in [0.29, 0.717) is 13.1 Å². The highest BCUT2D eigenvalue weighted by Gasteiger charge is 2.56. The van der Waals surface area contributed by atoms with Crippen LogP contribution in [0.3, 0.4) is 0 Å². The van der Waals surface area contributed by atoms with Gasteiger partial charge in [-0.3, -0.25) is 20.0 Å². The lowest BCUT2D eigenvalue weighted by molar-refractivity contribution is -0.139. The van der Waals surface area contributed by atoms with Crippen LogP contribution in [0.15, 0.2) is 29.4 Å². The molecule has 8 heteroatoms. The van der Waals surface area contributed by atoms with Gasteiger partial charge >= 0.3 is 6.03 Å². The number of urea groups is 1. The number of benzene rings is 1. The van der Waals surface area contributed by atoms with Crippen molar-refractivity contribution in [1.82, 2.24) is 25.0 Å². The van der Waals surface area contributed by atoms with E-state index in [-0.39, 0.29) is 24.4 Å². The van der Waals surface area contributed by atoms with Crippen molar-refractivity contribution in [2.75, 3.05) is 20.1 Å². The molecule has 0 saturated carbocycles. The first-order valence-corrected chi connectivity index (χ1v) is 9.37. The molecule has 0 bridgehead atoms. The minimum absolute atomic E-state index is 0.146. The Labute approximate surface area is 159 Å². The predicted molar refractivity (Wildman–Crippen MR) is 102 cm³/mol. The molecule has 3 unspecified atom stereocenters. The third-order valence-electron chi connectivity index (χ3n) is 5.67. The number of hydrogen-bond donors (Lipinski definition) is 1. The van der Waals surface area contributed by atoms with Crippen LogP contribution in [0.1, 0.15) is 25.0 Å². The molecule has 0 aromatic heterocycles. The largest absolute Gasteiger partial charge is 0.328 e. The lowest BCUT2D eigenvalue weighted by atomic mass is 10.1. The Morgan fingerprint density at radius 2 is 1.96 bits per heavy atom. The molecule has 8 nitrogen and oxygen atoms in total. The van der Waals surface area contributed by atoms with Crippen LogP contribution < -0.4 is 5.32 Å². The van der Waals surface area contributed by atoms with Crippen LogP contribution in [0, 0.1) is 6.92 Å². The summed E-state index contributed by atoms with van der Waals surface area (Å²) in [5.74, 6) is -0.146. The molecular weight excluding hydrogens is 344 g/mol. The summed E-state index contributed by atoms with van der Waals surface area (Å²) in [5.41, 5.74) is 3.02. The Kier molecular flexibility index (Phi) is 4.39. The molecule has 0 spiro atoms. The molecule has 2 fully saturated rings. The minimum Gasteiger partial charge on any atom is -0.310 e. The van der Waals surface area contributed by atoms with Gasteiger partial charge in [-0.05, 0) is 31.9 Å². The van der Waals surface area contributed by atoms with Gasteiger partial charge in [-0.2, -0.15) is 5.10 Å². The van der Waals surface area contributed by atoms with E-state index in [4.69, 9.17) is 0 Å². The Bertz CT molecular complexity index is 809. The Morgan fingerprint density at radius 3 is 2.67 bits per heavy atom. The number of nitrogens with one attached hydrogen (secondary N) is 1. The molecule has 2 saturated heterocycles. The molecule has 1 N–H and O–H groups in total. The van der Waals surface area contributed by atoms with E-state index in [9.17, 15) is 9.59 Å². The lowest BCUT2D eigenvalue weighted by Gasteiger charge is -2.42. The van der Waals surface area contributed by atoms with E-state index >= 15 is 0 Å². The fourth-order valence-corrected chi connectivity index (χ4v) is 4.20. The second-order valence-corrected chi connectivity index (χ2v) is 7.44. The van der Waals surface area contributed by atoms with Gasteiger partial charge in [0.1, 0.15) is 12.2 Å². The van der Waals surface area contributed by atoms with Crippen LogP contribution in [0.4, 0.5) is 4.79 Å². The quantitative estimate of drug-likeness (QED) is 0.859. The Hall–Kier alpha value is -2.45. The molecule has 3 aliphatic heterocycles. The SMILES string of the molecule is CCN1N=C(C)CN2C3C(=O)N(Cc4ccccc4C)C(=O)N(C)C3NC12. The number of aryl methyl sites for hydroxylation is 1. The number of carbonyl (C=O) groups excluding carboxylic acids is 2. The predicted octanol–water partition coefficient (Wildman–Crippen LogP) is 0.984. The van der Waals surface area contributed by atoms with Crippen molar-refractivity contribution < 1.29 is 9.59 Å². The van der Waals surface area contributed by atoms with Crippen molar-refractivity contribution in [2.45, 2.75) is 45.8 Å². The second-order valence-electron chi connectivity index (χ2n) is 7.44. The topological polar surface area (TPSA) is 71.5 Å². The molecule has 4 rings (SSSR count). The number of rotatable bonds is 3. The number of amides is 3. The van der Waals surface area contributed by atoms with Crippen molar-refractivity contribution in [3.63, 3.8) is 0 Å². The van der Waals surface area contributed by atoms with Crippen LogP contribution in [0.5, 0.6) is 0 Å². The van der Waals surface area contributed by atoms with Gasteiger partial charge in [0.2, 0.25) is 0 Å². The zero-order valence-electron chi connectivity index (χ0n) is 16.2. The Balaban J connectivity index is 1.65. The summed E-state index contributed by atoms with van der Waals surface area (Å²) in [6.45, 7) is 7.63. The van der Waals surface area contributed by atoms with E-state index in [1.165, 1.54) is 4.90 Å². The van der Waals surface area contributed by atoms with Gasteiger partial charge in [-0.15, -0.1) is 0 Å². The number of nitrogens with zero attached hydrogens (tertiary/aromatic N) is 5. The molecule has 144 valence electrons. The Morgan fingerprint density at radius 1 is 1.22 bits per heavy atom. The van der Waals surface area contributed by atoms with Crippen LogP contribution in [-0.4, -0.2) is 76.0 Å². The smallest absolute Gasteiger partial charge is 0.310 e. The summed E-state index contributed by atoms with van der Waals surface area (Å²) >= 11 is 0. The molecule has 3 aliphatic rings. The first-order chi connectivity index (χ1) is 12.9. The van der Waals surface area contributed by atoms with E-state index < -0.39 is 6.04 Å². The zero-order valence-corrected chi connectivity index (χ0v) is 16.2. The van der Waals surface area contributed by atoms with Gasteiger partial charge in [-0.1, -0.05) is 24.3 Å². The van der Waals surface area contributed by atoms with Crippen molar-refractivity contribution in [2.24, 2.45) is 5.10 Å². The molecule has 1 aromatic carbocycles. The summed E-state index contributed by atoms with van der Waals surface area (Å²) in [4.78, 5) is 31.5. The summed E-state index contributed by atoms with van der Waals surface area (Å²) in [5, 5.41) is 9.95. The van der Waals surface area contributed by atoms with Crippen LogP contribution in [0.25, 0.3) is 0 Å². The van der Waals surface area contributed by atoms with Crippen LogP contribution in [-0.2, 0) is 11.3 Å². The van der Waals surface area contributed by atoms with E-state index in [2.05, 4.69) is 15.3 Å². The van der Waals surface area contributed by atoms with E-state index in [0.717, 1.165) is 23.4 Å². The van der Waals surface area contributed by atoms with Crippen LogP contribution >= 0.6 is 0 Å². The van der Waals surface area contributed by atoms with Crippen molar-refractivity contribution >= 4 is 17.6 Å². The van der Waals surface area contributed by atoms with Gasteiger partial charge in [0.05, 0.1) is 6.54 Å². The molecular formula is C19H26N6O2. The highest BCUT2D eigenvalue weighted by Crippen LogP contribution is 2.30. The number of fused-ring (bicyclic) bond motifs is 3. The summed E-state index contributed by atoms with van der Waals surface area (Å²) < 4.78 is 0. The summed E-state index contributed by atoms with van der Waals surface area (Å²) in [6.07, 6.45) is -0.524. The van der Waals surface area contributed by atoms with Crippen LogP contribution in [0.2, 0.25) is 0 Å². The second kappa shape index (κ2) is 6.61. The van der Waals surface area contributed by atoms with Gasteiger partial charge in [0.15, 0.2) is 6.29 Å². The molecule has 0 radical (unpaired) electrons. The summed E-state index contributed by atoms with van der Waals surface area (Å²) in [6, 6.07) is 7.18. The fraction of sp³-hybridized carbons (Fsp3) is 0.526. The maximum atomic E-state index is 13.4. The number of imide groups is 1. The normalized spacial score (nSPS) is 28.4. The summed E-state index contributed by atoms with van der Waals surface area (Å²) in [7, 11) is 1.76. The third kappa shape index (κ3) is 2.80. The zero-order chi connectivity index (χ0) is 19.3. The van der Waals surface area contributed by atoms with Gasteiger partial charge in [-0.25, -0.2) is 9.69 Å². The van der Waals surface area contributed by atoms with Crippen molar-refractivity contribution in [1.29, 1.82) is 0 Å². The molecule has 3 atom stereocenters. The fourth-order valence-electron chi connectivity index (χ4n) is 4.20. The number of hydrazone groups is 1. The van der Waals surface area contributed by atoms with E-state index in [1.807, 2.05) is 50.0 Å². The first kappa shape index (κ1) is 17.9. The lowest BCUT2D eigenvalue weighted by Crippen LogP contribution is -2.66. The minimum atomic E-state index is -0.416. The van der Waals surface area contributed by atoms with Gasteiger partial charge in [0.25, 0.3) is 5.91 Å². The molecule has 1 aromatic rings. The molecule has 3 amide bonds. The van der Waals surface area contributed by atoms with Crippen molar-refractivity contribution in [3.05, 3.63) is 35.4 Å². The van der Waals surface area contributed by atoms with E-state index in [1.54, 1.807) is 11.9 Å². The molecule has 0 aliphatic carbocycles. The monoisotopic (exact) mass is 370 g/mol. The van der Waals surface area contributed by atoms with Gasteiger partial charge < -0.3 is 4.90 Å². The maximum absolute atomic E-state index is 13.4. The number of likely N-dealkylation sites (N-methyl/N-ethyl adjacent to an activating group) is 1. The first-order valence-electron chi connectivity index (χ1n) is 9.37. The number of carbonyl (C=O) groups is 2. The standard InChI is InChI=1S/C19H26N6O2/c1-5-25-18-20-16-15(23(18)10-13(3)21-25)17(26)24(19(27)22(16)4)11-14-9-7-6-8-12(14)2/h6-9,15-16,18,20H,5,10-11H2,1-4H3. The molecule has 27 heavy (non-hydrogen) atoms. The average molecular weight is 370 g/mol. The highest BCUT2D eigenvalue weighted by atomic mass is 16.2. The maximum Gasteiger partial charge on any atom is 0.328 e. The number of hydrogen-bond acceptors (Lipinski definition) is 6. The van der Waals surface area contributed by atoms with Gasteiger partial charge in [0, 0.05) is 25.8 Å².